The van der Waals surface area contributed by atoms with E-state index in [1.54, 1.807) is 0 Å². The molecule has 0 aromatic heterocycles. The summed E-state index contributed by atoms with van der Waals surface area (Å²) in [6, 6.07) is 4.43. The first-order valence-electron chi connectivity index (χ1n) is 7.75. The van der Waals surface area contributed by atoms with Crippen LogP contribution in [-0.4, -0.2) is 17.4 Å². The molecule has 2 rings (SSSR count). The zero-order valence-electron chi connectivity index (χ0n) is 14.5. The molecule has 12 heteroatoms. The quantitative estimate of drug-likeness (QED) is 0.420. The summed E-state index contributed by atoms with van der Waals surface area (Å²) >= 11 is 0. The number of rotatable bonds is 5. The van der Waals surface area contributed by atoms with Crippen molar-refractivity contribution in [3.05, 3.63) is 63.2 Å². The van der Waals surface area contributed by atoms with Gasteiger partial charge in [0.1, 0.15) is 5.75 Å². The summed E-state index contributed by atoms with van der Waals surface area (Å²) in [5.41, 5.74) is -3.29. The SMILES string of the molecule is Cc1c(NC(=O)COc2cc(C(F)(F)F)cc(C(F)(F)F)c2)cccc1[N+](=O)[O-]. The lowest BCUT2D eigenvalue weighted by atomic mass is 10.1. The monoisotopic (exact) mass is 422 g/mol. The minimum atomic E-state index is -5.05. The fourth-order valence-corrected chi connectivity index (χ4v) is 2.30. The Kier molecular flexibility index (Phi) is 6.04. The van der Waals surface area contributed by atoms with Gasteiger partial charge in [0.2, 0.25) is 0 Å². The number of hydrogen-bond acceptors (Lipinski definition) is 4. The maximum Gasteiger partial charge on any atom is 0.416 e. The first-order valence-corrected chi connectivity index (χ1v) is 7.75. The third-order valence-electron chi connectivity index (χ3n) is 3.71. The maximum absolute atomic E-state index is 12.8. The Morgan fingerprint density at radius 3 is 2.10 bits per heavy atom. The number of nitro groups is 1. The van der Waals surface area contributed by atoms with E-state index in [1.807, 2.05) is 0 Å². The standard InChI is InChI=1S/C17H12F6N2O4/c1-9-13(3-2-4-14(9)25(27)28)24-15(26)8-29-12-6-10(16(18,19)20)5-11(7-12)17(21,22)23/h2-7H,8H2,1H3,(H,24,26). The highest BCUT2D eigenvalue weighted by atomic mass is 19.4. The first kappa shape index (κ1) is 22.0. The molecule has 0 aliphatic rings. The molecule has 2 aromatic carbocycles. The van der Waals surface area contributed by atoms with Crippen LogP contribution < -0.4 is 10.1 Å². The summed E-state index contributed by atoms with van der Waals surface area (Å²) < 4.78 is 81.7. The minimum absolute atomic E-state index is 0.0489. The minimum Gasteiger partial charge on any atom is -0.484 e. The van der Waals surface area contributed by atoms with E-state index in [-0.39, 0.29) is 23.0 Å². The summed E-state index contributed by atoms with van der Waals surface area (Å²) in [6.45, 7) is 0.442. The predicted octanol–water partition coefficient (Wildman–Crippen LogP) is 4.96. The molecule has 0 radical (unpaired) electrons. The van der Waals surface area contributed by atoms with Crippen molar-refractivity contribution in [2.75, 3.05) is 11.9 Å². The van der Waals surface area contributed by atoms with Crippen molar-refractivity contribution in [2.45, 2.75) is 19.3 Å². The van der Waals surface area contributed by atoms with Crippen LogP contribution >= 0.6 is 0 Å². The summed E-state index contributed by atoms with van der Waals surface area (Å²) in [4.78, 5) is 22.1. The fourth-order valence-electron chi connectivity index (χ4n) is 2.30. The van der Waals surface area contributed by atoms with Crippen molar-refractivity contribution < 1.29 is 40.8 Å². The van der Waals surface area contributed by atoms with Gasteiger partial charge in [-0.25, -0.2) is 0 Å². The van der Waals surface area contributed by atoms with Crippen LogP contribution in [-0.2, 0) is 17.1 Å². The summed E-state index contributed by atoms with van der Waals surface area (Å²) in [6.07, 6.45) is -10.1. The van der Waals surface area contributed by atoms with Crippen LogP contribution in [0.4, 0.5) is 37.7 Å². The molecular formula is C17H12F6N2O4. The number of alkyl halides is 6. The molecule has 1 N–H and O–H groups in total. The van der Waals surface area contributed by atoms with E-state index in [1.165, 1.54) is 25.1 Å². The average molecular weight is 422 g/mol. The Hall–Kier alpha value is -3.31. The lowest BCUT2D eigenvalue weighted by Crippen LogP contribution is -2.21. The van der Waals surface area contributed by atoms with Gasteiger partial charge in [0.05, 0.1) is 27.3 Å². The number of benzene rings is 2. The molecule has 0 unspecified atom stereocenters. The second kappa shape index (κ2) is 7.97. The lowest BCUT2D eigenvalue weighted by molar-refractivity contribution is -0.385. The molecule has 2 aromatic rings. The van der Waals surface area contributed by atoms with Crippen LogP contribution in [0.25, 0.3) is 0 Å². The van der Waals surface area contributed by atoms with Gasteiger partial charge in [-0.2, -0.15) is 26.3 Å². The molecule has 0 aliphatic heterocycles. The maximum atomic E-state index is 12.8. The average Bonchev–Trinajstić information content (AvgIpc) is 2.59. The number of halogens is 6. The molecule has 0 atom stereocenters. The molecule has 0 heterocycles. The summed E-state index contributed by atoms with van der Waals surface area (Å²) in [5.74, 6) is -1.74. The number of nitrogens with zero attached hydrogens (tertiary/aromatic N) is 1. The van der Waals surface area contributed by atoms with Gasteiger partial charge in [0.25, 0.3) is 11.6 Å². The number of carbonyl (C=O) groups excluding carboxylic acids is 1. The Morgan fingerprint density at radius 1 is 1.07 bits per heavy atom. The normalized spacial score (nSPS) is 11.8. The van der Waals surface area contributed by atoms with Gasteiger partial charge < -0.3 is 10.1 Å². The molecule has 0 fully saturated rings. The number of nitrogens with one attached hydrogen (secondary N) is 1. The van der Waals surface area contributed by atoms with Crippen molar-refractivity contribution in [3.63, 3.8) is 0 Å². The highest BCUT2D eigenvalue weighted by molar-refractivity contribution is 5.93. The predicted molar refractivity (Wildman–Crippen MR) is 88.4 cm³/mol. The Bertz CT molecular complexity index is 908. The van der Waals surface area contributed by atoms with E-state index < -0.39 is 46.7 Å². The molecule has 0 bridgehead atoms. The van der Waals surface area contributed by atoms with Crippen molar-refractivity contribution >= 4 is 17.3 Å². The summed E-state index contributed by atoms with van der Waals surface area (Å²) in [5, 5.41) is 13.1. The van der Waals surface area contributed by atoms with Crippen LogP contribution in [0.3, 0.4) is 0 Å². The number of nitro benzene ring substituents is 1. The third kappa shape index (κ3) is 5.59. The molecule has 29 heavy (non-hydrogen) atoms. The second-order valence-electron chi connectivity index (χ2n) is 5.79. The number of carbonyl (C=O) groups is 1. The van der Waals surface area contributed by atoms with E-state index in [0.717, 1.165) is 0 Å². The number of amides is 1. The van der Waals surface area contributed by atoms with Gasteiger partial charge in [-0.05, 0) is 31.2 Å². The van der Waals surface area contributed by atoms with Gasteiger partial charge in [-0.1, -0.05) is 6.07 Å². The van der Waals surface area contributed by atoms with Crippen molar-refractivity contribution in [1.29, 1.82) is 0 Å². The van der Waals surface area contributed by atoms with E-state index in [9.17, 15) is 41.3 Å². The van der Waals surface area contributed by atoms with Crippen LogP contribution in [0.1, 0.15) is 16.7 Å². The van der Waals surface area contributed by atoms with Crippen LogP contribution in [0.15, 0.2) is 36.4 Å². The van der Waals surface area contributed by atoms with Crippen molar-refractivity contribution in [3.8, 4) is 5.75 Å². The molecule has 0 aliphatic carbocycles. The van der Waals surface area contributed by atoms with Gasteiger partial charge in [-0.3, -0.25) is 14.9 Å². The van der Waals surface area contributed by atoms with Gasteiger partial charge in [-0.15, -0.1) is 0 Å². The van der Waals surface area contributed by atoms with Crippen LogP contribution in [0.2, 0.25) is 0 Å². The molecule has 156 valence electrons. The molecule has 0 saturated carbocycles. The largest absolute Gasteiger partial charge is 0.484 e. The number of hydrogen-bond donors (Lipinski definition) is 1. The molecule has 0 spiro atoms. The van der Waals surface area contributed by atoms with Gasteiger partial charge in [0.15, 0.2) is 6.61 Å². The fraction of sp³-hybridized carbons (Fsp3) is 0.235. The molecule has 6 nitrogen and oxygen atoms in total. The highest BCUT2D eigenvalue weighted by Gasteiger charge is 2.37. The molecule has 0 saturated heterocycles. The van der Waals surface area contributed by atoms with Gasteiger partial charge >= 0.3 is 12.4 Å². The van der Waals surface area contributed by atoms with Crippen LogP contribution in [0, 0.1) is 17.0 Å². The van der Waals surface area contributed by atoms with Crippen LogP contribution in [0.5, 0.6) is 5.75 Å². The second-order valence-corrected chi connectivity index (χ2v) is 5.79. The Balaban J connectivity index is 2.18. The molecule has 1 amide bonds. The van der Waals surface area contributed by atoms with E-state index in [4.69, 9.17) is 4.74 Å². The van der Waals surface area contributed by atoms with Crippen molar-refractivity contribution in [1.82, 2.24) is 0 Å². The van der Waals surface area contributed by atoms with E-state index in [0.29, 0.717) is 12.1 Å². The summed E-state index contributed by atoms with van der Waals surface area (Å²) in [7, 11) is 0. The zero-order chi connectivity index (χ0) is 22.0. The smallest absolute Gasteiger partial charge is 0.416 e. The van der Waals surface area contributed by atoms with Crippen molar-refractivity contribution in [2.24, 2.45) is 0 Å². The topological polar surface area (TPSA) is 81.5 Å². The lowest BCUT2D eigenvalue weighted by Gasteiger charge is -2.15. The molecular weight excluding hydrogens is 410 g/mol. The Morgan fingerprint density at radius 2 is 1.62 bits per heavy atom. The van der Waals surface area contributed by atoms with E-state index >= 15 is 0 Å². The number of ether oxygens (including phenoxy) is 1. The Labute approximate surface area is 159 Å². The zero-order valence-corrected chi connectivity index (χ0v) is 14.5. The third-order valence-corrected chi connectivity index (χ3v) is 3.71. The first-order chi connectivity index (χ1) is 13.3. The van der Waals surface area contributed by atoms with E-state index in [2.05, 4.69) is 5.32 Å². The number of anilines is 1. The van der Waals surface area contributed by atoms with Gasteiger partial charge in [0, 0.05) is 6.07 Å². The highest BCUT2D eigenvalue weighted by Crippen LogP contribution is 2.38.